The molecule has 29 heavy (non-hydrogen) atoms. The van der Waals surface area contributed by atoms with E-state index in [1.807, 2.05) is 25.1 Å². The van der Waals surface area contributed by atoms with Crippen molar-refractivity contribution in [1.82, 2.24) is 9.80 Å². The van der Waals surface area contributed by atoms with Crippen molar-refractivity contribution < 1.29 is 14.3 Å². The van der Waals surface area contributed by atoms with Gasteiger partial charge in [0.1, 0.15) is 0 Å². The van der Waals surface area contributed by atoms with Crippen molar-refractivity contribution in [2.75, 3.05) is 51.3 Å². The fourth-order valence-electron chi connectivity index (χ4n) is 6.01. The van der Waals surface area contributed by atoms with Crippen LogP contribution in [0.5, 0.6) is 0 Å². The van der Waals surface area contributed by atoms with Crippen molar-refractivity contribution in [2.24, 2.45) is 16.7 Å². The number of benzene rings is 1. The number of amides is 2. The SMILES string of the molecule is CC(=O)Nc1ccc(C(=O)N2C[C@@H]3C(C)(C)C[C@]3(CN3CCOCC3)C2)cc1C. The summed E-state index contributed by atoms with van der Waals surface area (Å²) in [5.74, 6) is 0.547. The summed E-state index contributed by atoms with van der Waals surface area (Å²) in [5, 5.41) is 2.82. The van der Waals surface area contributed by atoms with E-state index < -0.39 is 0 Å². The van der Waals surface area contributed by atoms with E-state index in [1.54, 1.807) is 0 Å². The summed E-state index contributed by atoms with van der Waals surface area (Å²) in [7, 11) is 0. The summed E-state index contributed by atoms with van der Waals surface area (Å²) >= 11 is 0. The number of hydrogen-bond donors (Lipinski definition) is 1. The topological polar surface area (TPSA) is 61.9 Å². The third kappa shape index (κ3) is 3.80. The van der Waals surface area contributed by atoms with Crippen LogP contribution < -0.4 is 5.32 Å². The average molecular weight is 400 g/mol. The molecule has 0 unspecified atom stereocenters. The molecule has 1 aromatic carbocycles. The van der Waals surface area contributed by atoms with Crippen LogP contribution in [0.1, 0.15) is 43.1 Å². The lowest BCUT2D eigenvalue weighted by Gasteiger charge is -2.58. The normalized spacial score (nSPS) is 28.6. The fourth-order valence-corrected chi connectivity index (χ4v) is 6.01. The van der Waals surface area contributed by atoms with Crippen LogP contribution in [-0.2, 0) is 9.53 Å². The predicted molar refractivity (Wildman–Crippen MR) is 113 cm³/mol. The molecule has 1 aromatic rings. The molecule has 1 aliphatic carbocycles. The van der Waals surface area contributed by atoms with Gasteiger partial charge in [-0.1, -0.05) is 13.8 Å². The van der Waals surface area contributed by atoms with Crippen molar-refractivity contribution in [1.29, 1.82) is 0 Å². The highest BCUT2D eigenvalue weighted by atomic mass is 16.5. The molecule has 158 valence electrons. The van der Waals surface area contributed by atoms with Crippen LogP contribution in [0.15, 0.2) is 18.2 Å². The minimum absolute atomic E-state index is 0.101. The maximum atomic E-state index is 13.3. The first kappa shape index (κ1) is 20.4. The highest BCUT2D eigenvalue weighted by Gasteiger charge is 2.63. The molecule has 2 aliphatic heterocycles. The smallest absolute Gasteiger partial charge is 0.253 e. The molecule has 3 fully saturated rings. The van der Waals surface area contributed by atoms with Crippen LogP contribution >= 0.6 is 0 Å². The van der Waals surface area contributed by atoms with Gasteiger partial charge >= 0.3 is 0 Å². The van der Waals surface area contributed by atoms with E-state index in [4.69, 9.17) is 4.74 Å². The standard InChI is InChI=1S/C23H33N3O3/c1-16-11-18(5-6-19(16)24-17(2)27)21(28)26-12-20-22(3,4)13-23(20,15-26)14-25-7-9-29-10-8-25/h5-6,11,20H,7-10,12-15H2,1-4H3,(H,24,27)/t20-,23+/m1/s1. The van der Waals surface area contributed by atoms with E-state index in [9.17, 15) is 9.59 Å². The Hall–Kier alpha value is -1.92. The lowest BCUT2D eigenvalue weighted by Crippen LogP contribution is -2.59. The molecule has 6 heteroatoms. The van der Waals surface area contributed by atoms with Crippen LogP contribution in [0.3, 0.4) is 0 Å². The molecule has 2 saturated heterocycles. The number of hydrogen-bond acceptors (Lipinski definition) is 4. The number of anilines is 1. The quantitative estimate of drug-likeness (QED) is 0.846. The van der Waals surface area contributed by atoms with Crippen LogP contribution in [0.4, 0.5) is 5.69 Å². The molecule has 1 N–H and O–H groups in total. The molecular formula is C23H33N3O3. The molecule has 0 aromatic heterocycles. The van der Waals surface area contributed by atoms with Crippen molar-refractivity contribution in [2.45, 2.75) is 34.1 Å². The number of fused-ring (bicyclic) bond motifs is 1. The Labute approximate surface area is 173 Å². The van der Waals surface area contributed by atoms with Gasteiger partial charge < -0.3 is 15.0 Å². The van der Waals surface area contributed by atoms with Gasteiger partial charge in [-0.3, -0.25) is 14.5 Å². The van der Waals surface area contributed by atoms with Crippen LogP contribution in [-0.4, -0.2) is 67.6 Å². The molecule has 6 nitrogen and oxygen atoms in total. The third-order valence-electron chi connectivity index (χ3n) is 7.11. The maximum Gasteiger partial charge on any atom is 0.253 e. The van der Waals surface area contributed by atoms with Crippen LogP contribution in [0, 0.1) is 23.7 Å². The first-order chi connectivity index (χ1) is 13.7. The van der Waals surface area contributed by atoms with Crippen molar-refractivity contribution in [3.8, 4) is 0 Å². The van der Waals surface area contributed by atoms with Crippen molar-refractivity contribution >= 4 is 17.5 Å². The monoisotopic (exact) mass is 399 g/mol. The Bertz CT molecular complexity index is 816. The van der Waals surface area contributed by atoms with Gasteiger partial charge in [0.15, 0.2) is 0 Å². The summed E-state index contributed by atoms with van der Waals surface area (Å²) < 4.78 is 5.51. The van der Waals surface area contributed by atoms with E-state index in [1.165, 1.54) is 13.3 Å². The van der Waals surface area contributed by atoms with Gasteiger partial charge in [-0.15, -0.1) is 0 Å². The summed E-state index contributed by atoms with van der Waals surface area (Å²) in [6.07, 6.45) is 1.17. The molecule has 2 atom stereocenters. The summed E-state index contributed by atoms with van der Waals surface area (Å²) in [4.78, 5) is 29.2. The molecule has 2 heterocycles. The Morgan fingerprint density at radius 1 is 1.24 bits per heavy atom. The average Bonchev–Trinajstić information content (AvgIpc) is 2.97. The van der Waals surface area contributed by atoms with E-state index in [0.29, 0.717) is 11.5 Å². The van der Waals surface area contributed by atoms with Gasteiger partial charge in [0, 0.05) is 56.3 Å². The highest BCUT2D eigenvalue weighted by Crippen LogP contribution is 2.63. The molecule has 0 bridgehead atoms. The Balaban J connectivity index is 1.50. The maximum absolute atomic E-state index is 13.3. The second-order valence-electron chi connectivity index (χ2n) is 9.87. The van der Waals surface area contributed by atoms with Gasteiger partial charge in [-0.2, -0.15) is 0 Å². The minimum atomic E-state index is -0.101. The Morgan fingerprint density at radius 3 is 2.59 bits per heavy atom. The van der Waals surface area contributed by atoms with Crippen molar-refractivity contribution in [3.05, 3.63) is 29.3 Å². The van der Waals surface area contributed by atoms with E-state index in [0.717, 1.165) is 57.2 Å². The number of morpholine rings is 1. The van der Waals surface area contributed by atoms with Crippen LogP contribution in [0.25, 0.3) is 0 Å². The number of carbonyl (C=O) groups is 2. The predicted octanol–water partition coefficient (Wildman–Crippen LogP) is 2.77. The van der Waals surface area contributed by atoms with E-state index in [-0.39, 0.29) is 22.6 Å². The second-order valence-corrected chi connectivity index (χ2v) is 9.87. The summed E-state index contributed by atoms with van der Waals surface area (Å²) in [6, 6.07) is 5.57. The molecule has 0 radical (unpaired) electrons. The zero-order valence-electron chi connectivity index (χ0n) is 18.1. The van der Waals surface area contributed by atoms with Gasteiger partial charge in [0.2, 0.25) is 5.91 Å². The van der Waals surface area contributed by atoms with Gasteiger partial charge in [-0.25, -0.2) is 0 Å². The van der Waals surface area contributed by atoms with Crippen molar-refractivity contribution in [3.63, 3.8) is 0 Å². The lowest BCUT2D eigenvalue weighted by molar-refractivity contribution is -0.114. The third-order valence-corrected chi connectivity index (χ3v) is 7.11. The first-order valence-electron chi connectivity index (χ1n) is 10.7. The Morgan fingerprint density at radius 2 is 1.97 bits per heavy atom. The van der Waals surface area contributed by atoms with Crippen LogP contribution in [0.2, 0.25) is 0 Å². The largest absolute Gasteiger partial charge is 0.379 e. The molecule has 2 amide bonds. The summed E-state index contributed by atoms with van der Waals surface area (Å²) in [5.41, 5.74) is 2.88. The minimum Gasteiger partial charge on any atom is -0.379 e. The zero-order chi connectivity index (χ0) is 20.8. The molecule has 4 rings (SSSR count). The van der Waals surface area contributed by atoms with E-state index in [2.05, 4.69) is 29.0 Å². The van der Waals surface area contributed by atoms with Gasteiger partial charge in [0.05, 0.1) is 13.2 Å². The Kier molecular flexibility index (Phi) is 5.20. The molecule has 3 aliphatic rings. The fraction of sp³-hybridized carbons (Fsp3) is 0.652. The number of ether oxygens (including phenoxy) is 1. The van der Waals surface area contributed by atoms with Gasteiger partial charge in [0.25, 0.3) is 5.91 Å². The first-order valence-corrected chi connectivity index (χ1v) is 10.7. The van der Waals surface area contributed by atoms with E-state index >= 15 is 0 Å². The lowest BCUT2D eigenvalue weighted by atomic mass is 9.48. The second kappa shape index (κ2) is 7.40. The number of nitrogens with zero attached hydrogens (tertiary/aromatic N) is 2. The highest BCUT2D eigenvalue weighted by molar-refractivity contribution is 5.96. The number of nitrogens with one attached hydrogen (secondary N) is 1. The zero-order valence-corrected chi connectivity index (χ0v) is 18.1. The molecule has 0 spiro atoms. The number of rotatable bonds is 4. The number of aryl methyl sites for hydroxylation is 1. The number of carbonyl (C=O) groups excluding carboxylic acids is 2. The summed E-state index contributed by atoms with van der Waals surface area (Å²) in [6.45, 7) is 14.5. The molecule has 1 saturated carbocycles. The number of likely N-dealkylation sites (tertiary alicyclic amines) is 1. The molecular weight excluding hydrogens is 366 g/mol. The van der Waals surface area contributed by atoms with Gasteiger partial charge in [-0.05, 0) is 48.4 Å².